The van der Waals surface area contributed by atoms with Gasteiger partial charge in [0.05, 0.1) is 5.92 Å². The lowest BCUT2D eigenvalue weighted by molar-refractivity contribution is -0.143. The van der Waals surface area contributed by atoms with E-state index in [-0.39, 0.29) is 12.5 Å². The maximum atomic E-state index is 11.9. The second kappa shape index (κ2) is 7.14. The first kappa shape index (κ1) is 15.5. The van der Waals surface area contributed by atoms with E-state index < -0.39 is 11.9 Å². The van der Waals surface area contributed by atoms with E-state index in [1.165, 1.54) is 0 Å². The molecule has 0 saturated heterocycles. The number of benzene rings is 1. The van der Waals surface area contributed by atoms with Crippen LogP contribution in [0, 0.1) is 5.92 Å². The maximum absolute atomic E-state index is 11.9. The highest BCUT2D eigenvalue weighted by Crippen LogP contribution is 2.18. The van der Waals surface area contributed by atoms with Crippen molar-refractivity contribution in [3.8, 4) is 0 Å². The number of hydrogen-bond acceptors (Lipinski definition) is 2. The van der Waals surface area contributed by atoms with E-state index >= 15 is 0 Å². The first-order valence-electron chi connectivity index (χ1n) is 6.19. The maximum Gasteiger partial charge on any atom is 0.308 e. The summed E-state index contributed by atoms with van der Waals surface area (Å²) in [5, 5.41) is 9.52. The van der Waals surface area contributed by atoms with Crippen LogP contribution in [0.1, 0.15) is 25.8 Å². The quantitative estimate of drug-likeness (QED) is 0.873. The van der Waals surface area contributed by atoms with Crippen LogP contribution in [0.25, 0.3) is 0 Å². The van der Waals surface area contributed by atoms with Crippen LogP contribution in [0.4, 0.5) is 0 Å². The van der Waals surface area contributed by atoms with Crippen LogP contribution in [0.3, 0.4) is 0 Å². The number of halogens is 1. The minimum absolute atomic E-state index is 0.0759. The van der Waals surface area contributed by atoms with Gasteiger partial charge in [-0.3, -0.25) is 9.59 Å². The zero-order valence-electron chi connectivity index (χ0n) is 11.1. The number of aliphatic carboxylic acids is 1. The first-order chi connectivity index (χ1) is 8.95. The van der Waals surface area contributed by atoms with Crippen LogP contribution >= 0.6 is 11.6 Å². The Balaban J connectivity index is 2.84. The lowest BCUT2D eigenvalue weighted by Crippen LogP contribution is -2.36. The zero-order valence-corrected chi connectivity index (χ0v) is 11.9. The van der Waals surface area contributed by atoms with E-state index in [9.17, 15) is 9.59 Å². The van der Waals surface area contributed by atoms with Crippen molar-refractivity contribution in [1.82, 2.24) is 4.90 Å². The second-order valence-corrected chi connectivity index (χ2v) is 4.87. The van der Waals surface area contributed by atoms with E-state index in [2.05, 4.69) is 0 Å². The van der Waals surface area contributed by atoms with E-state index in [1.807, 2.05) is 18.2 Å². The van der Waals surface area contributed by atoms with Crippen molar-refractivity contribution in [2.24, 2.45) is 5.92 Å². The van der Waals surface area contributed by atoms with Gasteiger partial charge in [0.1, 0.15) is 0 Å². The fraction of sp³-hybridized carbons (Fsp3) is 0.429. The largest absolute Gasteiger partial charge is 0.481 e. The molecule has 5 heteroatoms. The van der Waals surface area contributed by atoms with Gasteiger partial charge in [-0.05, 0) is 11.6 Å². The van der Waals surface area contributed by atoms with Crippen molar-refractivity contribution in [3.05, 3.63) is 34.9 Å². The Bertz CT molecular complexity index is 462. The number of carbonyl (C=O) groups excluding carboxylic acids is 1. The third-order valence-corrected chi connectivity index (χ3v) is 3.26. The van der Waals surface area contributed by atoms with Gasteiger partial charge < -0.3 is 10.0 Å². The number of carboxylic acid groups (broad SMARTS) is 1. The predicted octanol–water partition coefficient (Wildman–Crippen LogP) is 2.80. The summed E-state index contributed by atoms with van der Waals surface area (Å²) < 4.78 is 0. The number of nitrogens with zero attached hydrogens (tertiary/aromatic N) is 1. The van der Waals surface area contributed by atoms with Crippen molar-refractivity contribution >= 4 is 23.5 Å². The number of amides is 1. The molecule has 0 aliphatic rings. The summed E-state index contributed by atoms with van der Waals surface area (Å²) >= 11 is 6.06. The molecule has 1 N–H and O–H groups in total. The summed E-state index contributed by atoms with van der Waals surface area (Å²) in [6, 6.07) is 7.25. The smallest absolute Gasteiger partial charge is 0.308 e. The Labute approximate surface area is 118 Å². The first-order valence-corrected chi connectivity index (χ1v) is 6.57. The molecular weight excluding hydrogens is 266 g/mol. The summed E-state index contributed by atoms with van der Waals surface area (Å²) in [4.78, 5) is 24.3. The molecule has 0 aliphatic heterocycles. The van der Waals surface area contributed by atoms with E-state index in [1.54, 1.807) is 24.8 Å². The van der Waals surface area contributed by atoms with Crippen molar-refractivity contribution in [1.29, 1.82) is 0 Å². The molecule has 1 amide bonds. The standard InChI is InChI=1S/C14H18ClNO3/c1-3-13(17)16(8-10(2)14(18)19)9-11-6-4-5-7-12(11)15/h4-7,10H,3,8-9H2,1-2H3,(H,18,19). The molecule has 4 nitrogen and oxygen atoms in total. The van der Waals surface area contributed by atoms with E-state index in [4.69, 9.17) is 16.7 Å². The summed E-state index contributed by atoms with van der Waals surface area (Å²) in [5.74, 6) is -1.58. The molecule has 0 aliphatic carbocycles. The normalized spacial score (nSPS) is 11.9. The van der Waals surface area contributed by atoms with Crippen LogP contribution < -0.4 is 0 Å². The van der Waals surface area contributed by atoms with Crippen molar-refractivity contribution < 1.29 is 14.7 Å². The van der Waals surface area contributed by atoms with Gasteiger partial charge in [0.15, 0.2) is 0 Å². The molecule has 0 spiro atoms. The van der Waals surface area contributed by atoms with Gasteiger partial charge in [-0.2, -0.15) is 0 Å². The SMILES string of the molecule is CCC(=O)N(Cc1ccccc1Cl)CC(C)C(=O)O. The Morgan fingerprint density at radius 3 is 2.53 bits per heavy atom. The topological polar surface area (TPSA) is 57.6 Å². The van der Waals surface area contributed by atoms with Crippen LogP contribution in [-0.4, -0.2) is 28.4 Å². The Morgan fingerprint density at radius 1 is 1.37 bits per heavy atom. The zero-order chi connectivity index (χ0) is 14.4. The molecule has 0 aromatic heterocycles. The number of rotatable bonds is 6. The van der Waals surface area contributed by atoms with Gasteiger partial charge in [-0.15, -0.1) is 0 Å². The van der Waals surface area contributed by atoms with Crippen LogP contribution in [0.5, 0.6) is 0 Å². The average molecular weight is 284 g/mol. The van der Waals surface area contributed by atoms with Gasteiger partial charge in [0.2, 0.25) is 5.91 Å². The Kier molecular flexibility index (Phi) is 5.83. The molecule has 1 aromatic rings. The lowest BCUT2D eigenvalue weighted by Gasteiger charge is -2.24. The van der Waals surface area contributed by atoms with E-state index in [0.717, 1.165) is 5.56 Å². The highest BCUT2D eigenvalue weighted by molar-refractivity contribution is 6.31. The van der Waals surface area contributed by atoms with Gasteiger partial charge in [-0.25, -0.2) is 0 Å². The molecule has 0 bridgehead atoms. The van der Waals surface area contributed by atoms with Crippen molar-refractivity contribution in [2.75, 3.05) is 6.54 Å². The Hall–Kier alpha value is -1.55. The fourth-order valence-corrected chi connectivity index (χ4v) is 1.91. The van der Waals surface area contributed by atoms with Gasteiger partial charge in [0.25, 0.3) is 0 Å². The second-order valence-electron chi connectivity index (χ2n) is 4.46. The molecule has 0 radical (unpaired) electrons. The number of carbonyl (C=O) groups is 2. The molecule has 1 rings (SSSR count). The molecule has 1 unspecified atom stereocenters. The van der Waals surface area contributed by atoms with Crippen LogP contribution in [0.2, 0.25) is 5.02 Å². The van der Waals surface area contributed by atoms with E-state index in [0.29, 0.717) is 18.0 Å². The van der Waals surface area contributed by atoms with Crippen molar-refractivity contribution in [2.45, 2.75) is 26.8 Å². The summed E-state index contributed by atoms with van der Waals surface area (Å²) in [5.41, 5.74) is 0.823. The highest BCUT2D eigenvalue weighted by Gasteiger charge is 2.20. The molecule has 1 aromatic carbocycles. The third-order valence-electron chi connectivity index (χ3n) is 2.89. The third kappa shape index (κ3) is 4.56. The monoisotopic (exact) mass is 283 g/mol. The van der Waals surface area contributed by atoms with Crippen LogP contribution in [-0.2, 0) is 16.1 Å². The lowest BCUT2D eigenvalue weighted by atomic mass is 10.1. The highest BCUT2D eigenvalue weighted by atomic mass is 35.5. The summed E-state index contributed by atoms with van der Waals surface area (Å²) in [6.45, 7) is 3.87. The molecule has 19 heavy (non-hydrogen) atoms. The molecule has 0 heterocycles. The van der Waals surface area contributed by atoms with Gasteiger partial charge >= 0.3 is 5.97 Å². The summed E-state index contributed by atoms with van der Waals surface area (Å²) in [6.07, 6.45) is 0.344. The minimum atomic E-state index is -0.909. The Morgan fingerprint density at radius 2 is 2.00 bits per heavy atom. The molecule has 0 fully saturated rings. The number of hydrogen-bond donors (Lipinski definition) is 1. The number of carboxylic acids is 1. The predicted molar refractivity (Wildman–Crippen MR) is 74.0 cm³/mol. The minimum Gasteiger partial charge on any atom is -0.481 e. The summed E-state index contributed by atoms with van der Waals surface area (Å²) in [7, 11) is 0. The molecule has 0 saturated carbocycles. The van der Waals surface area contributed by atoms with Gasteiger partial charge in [0, 0.05) is 24.5 Å². The van der Waals surface area contributed by atoms with Crippen LogP contribution in [0.15, 0.2) is 24.3 Å². The molecular formula is C14H18ClNO3. The van der Waals surface area contributed by atoms with Crippen molar-refractivity contribution in [3.63, 3.8) is 0 Å². The fourth-order valence-electron chi connectivity index (χ4n) is 1.72. The molecule has 104 valence electrons. The van der Waals surface area contributed by atoms with Gasteiger partial charge in [-0.1, -0.05) is 43.6 Å². The average Bonchev–Trinajstić information content (AvgIpc) is 2.39. The molecule has 1 atom stereocenters.